The van der Waals surface area contributed by atoms with Gasteiger partial charge in [0.05, 0.1) is 25.5 Å². The molecule has 1 aromatic rings. The van der Waals surface area contributed by atoms with Crippen LogP contribution in [0.2, 0.25) is 0 Å². The fraction of sp³-hybridized carbons (Fsp3) is 0.429. The molecule has 2 bridgehead atoms. The van der Waals surface area contributed by atoms with E-state index in [-0.39, 0.29) is 24.3 Å². The zero-order chi connectivity index (χ0) is 32.6. The number of amides is 3. The summed E-state index contributed by atoms with van der Waals surface area (Å²) in [5, 5.41) is 9.34. The quantitative estimate of drug-likeness (QED) is 0.157. The van der Waals surface area contributed by atoms with Crippen LogP contribution in [0, 0.1) is 0 Å². The molecule has 10 heteroatoms. The van der Waals surface area contributed by atoms with Crippen LogP contribution >= 0.6 is 0 Å². The van der Waals surface area contributed by atoms with Crippen LogP contribution in [0.25, 0.3) is 0 Å². The molecule has 0 radical (unpaired) electrons. The number of ether oxygens (including phenoxy) is 2. The maximum atomic E-state index is 14.0. The van der Waals surface area contributed by atoms with Gasteiger partial charge < -0.3 is 30.3 Å². The maximum Gasteiger partial charge on any atom is 0.243 e. The summed E-state index contributed by atoms with van der Waals surface area (Å²) in [6, 6.07) is 5.76. The van der Waals surface area contributed by atoms with Gasteiger partial charge in [-0.15, -0.1) is 0 Å². The third-order valence-corrected chi connectivity index (χ3v) is 7.88. The van der Waals surface area contributed by atoms with Gasteiger partial charge in [0.15, 0.2) is 0 Å². The molecule has 0 saturated carbocycles. The number of carbonyl (C=O) groups is 3. The largest absolute Gasteiger partial charge is 0.494 e. The van der Waals surface area contributed by atoms with Crippen LogP contribution in [0.1, 0.15) is 50.5 Å². The Kier molecular flexibility index (Phi) is 14.2. The lowest BCUT2D eigenvalue weighted by molar-refractivity contribution is -0.137. The van der Waals surface area contributed by atoms with Crippen molar-refractivity contribution >= 4 is 23.6 Å². The van der Waals surface area contributed by atoms with E-state index < -0.39 is 18.1 Å². The van der Waals surface area contributed by atoms with Crippen molar-refractivity contribution in [2.24, 2.45) is 4.99 Å². The fourth-order valence-electron chi connectivity index (χ4n) is 5.44. The minimum atomic E-state index is -0.711. The van der Waals surface area contributed by atoms with Crippen molar-refractivity contribution in [1.29, 1.82) is 0 Å². The number of allylic oxidation sites excluding steroid dienone is 4. The average molecular weight is 618 g/mol. The molecule has 3 rings (SSSR count). The van der Waals surface area contributed by atoms with E-state index in [4.69, 9.17) is 9.47 Å². The van der Waals surface area contributed by atoms with Gasteiger partial charge >= 0.3 is 0 Å². The van der Waals surface area contributed by atoms with Crippen molar-refractivity contribution < 1.29 is 23.9 Å². The first-order chi connectivity index (χ1) is 21.8. The lowest BCUT2D eigenvalue weighted by Crippen LogP contribution is -2.54. The number of benzene rings is 1. The number of rotatable bonds is 10. The molecule has 242 valence electrons. The molecule has 2 aliphatic rings. The summed E-state index contributed by atoms with van der Waals surface area (Å²) >= 11 is 0. The molecule has 1 saturated heterocycles. The monoisotopic (exact) mass is 617 g/mol. The van der Waals surface area contributed by atoms with Crippen molar-refractivity contribution in [1.82, 2.24) is 20.9 Å². The van der Waals surface area contributed by atoms with Crippen LogP contribution in [0.5, 0.6) is 5.75 Å². The Labute approximate surface area is 267 Å². The maximum absolute atomic E-state index is 14.0. The SMILES string of the molecule is C=C/C=C(\C=C)CC[C@@H]1NC(=O)[C@@H](N2CCCC2=O)Cc2cccc(c2)OCCCC[C@@H](C(=O)NCC(=NC)OC=C)NC1=C. The lowest BCUT2D eigenvalue weighted by Gasteiger charge is -2.31. The van der Waals surface area contributed by atoms with Crippen LogP contribution in [-0.2, 0) is 25.5 Å². The second-order valence-corrected chi connectivity index (χ2v) is 11.0. The summed E-state index contributed by atoms with van der Waals surface area (Å²) in [4.78, 5) is 46.0. The van der Waals surface area contributed by atoms with E-state index in [1.54, 1.807) is 24.1 Å². The number of nitrogens with one attached hydrogen (secondary N) is 3. The van der Waals surface area contributed by atoms with Crippen molar-refractivity contribution in [2.75, 3.05) is 26.7 Å². The number of carbonyl (C=O) groups excluding carboxylic acids is 3. The first-order valence-electron chi connectivity index (χ1n) is 15.5. The van der Waals surface area contributed by atoms with Gasteiger partial charge in [-0.25, -0.2) is 0 Å². The van der Waals surface area contributed by atoms with Crippen LogP contribution < -0.4 is 20.7 Å². The molecule has 3 N–H and O–H groups in total. The van der Waals surface area contributed by atoms with E-state index in [9.17, 15) is 14.4 Å². The van der Waals surface area contributed by atoms with Crippen molar-refractivity contribution in [2.45, 2.75) is 69.5 Å². The van der Waals surface area contributed by atoms with Crippen LogP contribution in [-0.4, -0.2) is 73.4 Å². The Morgan fingerprint density at radius 3 is 2.71 bits per heavy atom. The van der Waals surface area contributed by atoms with Crippen molar-refractivity contribution in [3.05, 3.63) is 91.9 Å². The molecule has 3 amide bonds. The summed E-state index contributed by atoms with van der Waals surface area (Å²) in [5.74, 6) is 0.435. The van der Waals surface area contributed by atoms with Crippen LogP contribution in [0.3, 0.4) is 0 Å². The highest BCUT2D eigenvalue weighted by atomic mass is 16.5. The normalized spacial score (nSPS) is 22.0. The highest BCUT2D eigenvalue weighted by molar-refractivity contribution is 5.89. The Morgan fingerprint density at radius 1 is 1.20 bits per heavy atom. The van der Waals surface area contributed by atoms with Crippen molar-refractivity contribution in [3.63, 3.8) is 0 Å². The molecule has 0 unspecified atom stereocenters. The summed E-state index contributed by atoms with van der Waals surface area (Å²) in [6.45, 7) is 16.6. The van der Waals surface area contributed by atoms with E-state index in [0.29, 0.717) is 75.4 Å². The molecular formula is C35H47N5O5. The Bertz CT molecular complexity index is 1300. The van der Waals surface area contributed by atoms with Gasteiger partial charge in [0, 0.05) is 32.1 Å². The second-order valence-electron chi connectivity index (χ2n) is 11.0. The zero-order valence-corrected chi connectivity index (χ0v) is 26.4. The molecule has 3 atom stereocenters. The van der Waals surface area contributed by atoms with Gasteiger partial charge in [-0.3, -0.25) is 19.4 Å². The molecule has 1 fully saturated rings. The van der Waals surface area contributed by atoms with E-state index in [1.807, 2.05) is 30.3 Å². The number of likely N-dealkylation sites (tertiary alicyclic amines) is 1. The summed E-state index contributed by atoms with van der Waals surface area (Å²) in [6.07, 6.45) is 11.0. The topological polar surface area (TPSA) is 121 Å². The Morgan fingerprint density at radius 2 is 2.02 bits per heavy atom. The number of aliphatic imine (C=N–C) groups is 1. The zero-order valence-electron chi connectivity index (χ0n) is 26.4. The molecule has 2 aliphatic heterocycles. The van der Waals surface area contributed by atoms with Gasteiger partial charge in [0.25, 0.3) is 0 Å². The third-order valence-electron chi connectivity index (χ3n) is 7.88. The smallest absolute Gasteiger partial charge is 0.243 e. The lowest BCUT2D eigenvalue weighted by atomic mass is 9.99. The standard InChI is InChI=1S/C35H47N5O5/c1-6-13-26(7-2)18-19-29-25(4)38-30(34(42)37-24-32(36-5)44-8-3)16-9-10-21-45-28-15-11-14-27(22-28)23-31(35(43)39-29)40-20-12-17-33(40)41/h6-8,11,13-15,22,29-31,38H,1-4,9-10,12,16-21,23-24H2,5H3,(H,37,42)(H,39,43)/b26-13+,36-32?/t29-,30-,31-/m0/s1. The summed E-state index contributed by atoms with van der Waals surface area (Å²) in [5.41, 5.74) is 2.35. The van der Waals surface area contributed by atoms with Gasteiger partial charge in [-0.05, 0) is 61.8 Å². The Hall–Kier alpha value is -4.60. The van der Waals surface area contributed by atoms with E-state index in [0.717, 1.165) is 17.6 Å². The summed E-state index contributed by atoms with van der Waals surface area (Å²) < 4.78 is 11.3. The molecule has 1 aromatic carbocycles. The molecule has 0 aromatic heterocycles. The molecule has 10 nitrogen and oxygen atoms in total. The summed E-state index contributed by atoms with van der Waals surface area (Å²) in [7, 11) is 1.57. The minimum Gasteiger partial charge on any atom is -0.494 e. The van der Waals surface area contributed by atoms with Gasteiger partial charge in [-0.2, -0.15) is 0 Å². The molecule has 2 heterocycles. The van der Waals surface area contributed by atoms with Crippen molar-refractivity contribution in [3.8, 4) is 5.75 Å². The fourth-order valence-corrected chi connectivity index (χ4v) is 5.44. The number of fused-ring (bicyclic) bond motifs is 2. The predicted molar refractivity (Wildman–Crippen MR) is 178 cm³/mol. The van der Waals surface area contributed by atoms with E-state index in [1.165, 1.54) is 6.26 Å². The Balaban J connectivity index is 1.93. The minimum absolute atomic E-state index is 0.0412. The van der Waals surface area contributed by atoms with Crippen LogP contribution in [0.4, 0.5) is 0 Å². The van der Waals surface area contributed by atoms with Gasteiger partial charge in [0.2, 0.25) is 23.6 Å². The van der Waals surface area contributed by atoms with Gasteiger partial charge in [-0.1, -0.05) is 56.7 Å². The predicted octanol–water partition coefficient (Wildman–Crippen LogP) is 4.12. The first-order valence-corrected chi connectivity index (χ1v) is 15.5. The third kappa shape index (κ3) is 10.8. The highest BCUT2D eigenvalue weighted by Gasteiger charge is 2.34. The van der Waals surface area contributed by atoms with Gasteiger partial charge in [0.1, 0.15) is 17.8 Å². The van der Waals surface area contributed by atoms with Crippen LogP contribution in [0.15, 0.2) is 91.3 Å². The first kappa shape index (κ1) is 34.9. The number of hydrogen-bond acceptors (Lipinski definition) is 7. The molecular weight excluding hydrogens is 570 g/mol. The average Bonchev–Trinajstić information content (AvgIpc) is 3.46. The molecule has 45 heavy (non-hydrogen) atoms. The second kappa shape index (κ2) is 18.3. The highest BCUT2D eigenvalue weighted by Crippen LogP contribution is 2.22. The van der Waals surface area contributed by atoms with E-state index >= 15 is 0 Å². The number of nitrogens with zero attached hydrogens (tertiary/aromatic N) is 2. The molecule has 0 aliphatic carbocycles. The molecule has 0 spiro atoms. The number of hydrogen-bond donors (Lipinski definition) is 3. The van der Waals surface area contributed by atoms with E-state index in [2.05, 4.69) is 47.3 Å².